The van der Waals surface area contributed by atoms with Gasteiger partial charge in [-0.1, -0.05) is 6.07 Å². The molecule has 194 valence electrons. The molecule has 0 saturated carbocycles. The predicted molar refractivity (Wildman–Crippen MR) is 133 cm³/mol. The molecule has 0 aliphatic carbocycles. The van der Waals surface area contributed by atoms with Crippen LogP contribution in [0.15, 0.2) is 36.8 Å². The summed E-state index contributed by atoms with van der Waals surface area (Å²) in [6.07, 6.45) is 0.440. The standard InChI is InChI=1S/C21H23F3N8O2S.ClH/c1-32(19-17(26-7-8-27-19)29-12-35(2,33)34)18-16(21(22,23)24)11-28-20(31-18)30-15-4-3-13-5-6-25-10-14(13)9-15;/h3-4,7-9,11,25H,5-6,10,12H2,1-2H3,(H,26,29)(H,28,30,31);1H. The van der Waals surface area contributed by atoms with E-state index in [1.807, 2.05) is 18.2 Å². The van der Waals surface area contributed by atoms with Crippen LogP contribution in [0.3, 0.4) is 0 Å². The molecule has 15 heteroatoms. The van der Waals surface area contributed by atoms with E-state index in [1.54, 1.807) is 0 Å². The van der Waals surface area contributed by atoms with Gasteiger partial charge in [0.2, 0.25) is 5.95 Å². The summed E-state index contributed by atoms with van der Waals surface area (Å²) in [6.45, 7) is 1.59. The molecule has 0 amide bonds. The number of anilines is 5. The Hall–Kier alpha value is -3.23. The SMILES string of the molecule is CN(c1nc(Nc2ccc3c(c2)CNCC3)ncc1C(F)(F)F)c1nccnc1NCS(C)(=O)=O.Cl. The summed E-state index contributed by atoms with van der Waals surface area (Å²) in [5, 5.41) is 8.84. The molecule has 4 rings (SSSR count). The maximum absolute atomic E-state index is 13.8. The van der Waals surface area contributed by atoms with Gasteiger partial charge in [-0.3, -0.25) is 0 Å². The van der Waals surface area contributed by atoms with E-state index in [0.29, 0.717) is 18.4 Å². The molecule has 0 spiro atoms. The first-order valence-corrected chi connectivity index (χ1v) is 12.6. The topological polar surface area (TPSA) is 125 Å². The summed E-state index contributed by atoms with van der Waals surface area (Å²) in [7, 11) is -2.09. The summed E-state index contributed by atoms with van der Waals surface area (Å²) in [5.74, 6) is -1.03. The fourth-order valence-electron chi connectivity index (χ4n) is 3.58. The Balaban J connectivity index is 0.00000361. The first-order valence-electron chi connectivity index (χ1n) is 10.5. The highest BCUT2D eigenvalue weighted by atomic mass is 35.5. The molecule has 3 aromatic rings. The van der Waals surface area contributed by atoms with Crippen molar-refractivity contribution in [1.29, 1.82) is 0 Å². The summed E-state index contributed by atoms with van der Waals surface area (Å²) in [4.78, 5) is 17.2. The number of fused-ring (bicyclic) bond motifs is 1. The molecule has 0 unspecified atom stereocenters. The summed E-state index contributed by atoms with van der Waals surface area (Å²) >= 11 is 0. The number of hydrogen-bond donors (Lipinski definition) is 3. The third kappa shape index (κ3) is 6.50. The number of nitrogens with one attached hydrogen (secondary N) is 3. The largest absolute Gasteiger partial charge is 0.421 e. The zero-order valence-electron chi connectivity index (χ0n) is 19.3. The smallest absolute Gasteiger partial charge is 0.353 e. The van der Waals surface area contributed by atoms with Gasteiger partial charge in [0.25, 0.3) is 0 Å². The van der Waals surface area contributed by atoms with E-state index in [1.165, 1.54) is 25.0 Å². The molecule has 1 aromatic carbocycles. The average Bonchev–Trinajstić information content (AvgIpc) is 2.81. The Morgan fingerprint density at radius 3 is 2.58 bits per heavy atom. The molecule has 2 aromatic heterocycles. The van der Waals surface area contributed by atoms with E-state index in [4.69, 9.17) is 0 Å². The van der Waals surface area contributed by atoms with Crippen molar-refractivity contribution in [2.24, 2.45) is 0 Å². The van der Waals surface area contributed by atoms with Gasteiger partial charge >= 0.3 is 6.18 Å². The fraction of sp³-hybridized carbons (Fsp3) is 0.333. The number of rotatable bonds is 7. The van der Waals surface area contributed by atoms with Gasteiger partial charge in [-0.05, 0) is 36.2 Å². The van der Waals surface area contributed by atoms with Gasteiger partial charge in [0, 0.05) is 44.1 Å². The van der Waals surface area contributed by atoms with E-state index < -0.39 is 33.3 Å². The van der Waals surface area contributed by atoms with Gasteiger partial charge < -0.3 is 20.9 Å². The van der Waals surface area contributed by atoms with Gasteiger partial charge in [-0.15, -0.1) is 12.4 Å². The van der Waals surface area contributed by atoms with Crippen LogP contribution in [0.4, 0.5) is 42.3 Å². The molecule has 0 atom stereocenters. The van der Waals surface area contributed by atoms with Crippen molar-refractivity contribution in [3.8, 4) is 0 Å². The molecule has 3 heterocycles. The Kier molecular flexibility index (Phi) is 8.21. The lowest BCUT2D eigenvalue weighted by atomic mass is 10.0. The van der Waals surface area contributed by atoms with Crippen molar-refractivity contribution in [3.63, 3.8) is 0 Å². The molecule has 1 aliphatic heterocycles. The van der Waals surface area contributed by atoms with Crippen molar-refractivity contribution in [2.45, 2.75) is 19.1 Å². The van der Waals surface area contributed by atoms with Gasteiger partial charge in [0.15, 0.2) is 27.3 Å². The minimum atomic E-state index is -4.75. The van der Waals surface area contributed by atoms with Crippen LogP contribution in [0.5, 0.6) is 0 Å². The van der Waals surface area contributed by atoms with Gasteiger partial charge in [0.1, 0.15) is 11.4 Å². The van der Waals surface area contributed by atoms with Crippen LogP contribution >= 0.6 is 12.4 Å². The van der Waals surface area contributed by atoms with Crippen LogP contribution in [-0.2, 0) is 29.0 Å². The summed E-state index contributed by atoms with van der Waals surface area (Å²) in [6, 6.07) is 5.70. The number of sulfone groups is 1. The lowest BCUT2D eigenvalue weighted by Gasteiger charge is -2.23. The van der Waals surface area contributed by atoms with Crippen LogP contribution in [0.25, 0.3) is 0 Å². The second kappa shape index (κ2) is 10.8. The lowest BCUT2D eigenvalue weighted by molar-refractivity contribution is -0.137. The van der Waals surface area contributed by atoms with E-state index >= 15 is 0 Å². The third-order valence-corrected chi connectivity index (χ3v) is 5.91. The number of halogens is 4. The molecule has 0 bridgehead atoms. The monoisotopic (exact) mass is 544 g/mol. The number of hydrogen-bond acceptors (Lipinski definition) is 10. The Labute approximate surface area is 212 Å². The van der Waals surface area contributed by atoms with Crippen LogP contribution in [-0.4, -0.2) is 54.1 Å². The third-order valence-electron chi connectivity index (χ3n) is 5.24. The van der Waals surface area contributed by atoms with Crippen molar-refractivity contribution in [2.75, 3.05) is 41.3 Å². The molecule has 3 N–H and O–H groups in total. The van der Waals surface area contributed by atoms with E-state index in [0.717, 1.165) is 29.7 Å². The second-order valence-electron chi connectivity index (χ2n) is 8.00. The maximum Gasteiger partial charge on any atom is 0.421 e. The van der Waals surface area contributed by atoms with E-state index in [2.05, 4.69) is 35.9 Å². The van der Waals surface area contributed by atoms with Gasteiger partial charge in [-0.25, -0.2) is 23.4 Å². The molecule has 36 heavy (non-hydrogen) atoms. The van der Waals surface area contributed by atoms with Crippen LogP contribution < -0.4 is 20.9 Å². The quantitative estimate of drug-likeness (QED) is 0.408. The maximum atomic E-state index is 13.8. The van der Waals surface area contributed by atoms with Gasteiger partial charge in [0.05, 0.1) is 0 Å². The van der Waals surface area contributed by atoms with E-state index in [9.17, 15) is 21.6 Å². The van der Waals surface area contributed by atoms with Gasteiger partial charge in [-0.2, -0.15) is 18.2 Å². The highest BCUT2D eigenvalue weighted by Gasteiger charge is 2.37. The molecule has 1 aliphatic rings. The minimum absolute atomic E-state index is 0. The summed E-state index contributed by atoms with van der Waals surface area (Å²) < 4.78 is 64.5. The minimum Gasteiger partial charge on any atom is -0.353 e. The molecule has 10 nitrogen and oxygen atoms in total. The summed E-state index contributed by atoms with van der Waals surface area (Å²) in [5.41, 5.74) is 1.85. The normalized spacial score (nSPS) is 13.4. The Morgan fingerprint density at radius 2 is 1.86 bits per heavy atom. The van der Waals surface area contributed by atoms with Crippen LogP contribution in [0, 0.1) is 0 Å². The van der Waals surface area contributed by atoms with Crippen LogP contribution in [0.1, 0.15) is 16.7 Å². The molecule has 0 fully saturated rings. The zero-order valence-corrected chi connectivity index (χ0v) is 20.9. The Bertz CT molecular complexity index is 1340. The van der Waals surface area contributed by atoms with E-state index in [-0.39, 0.29) is 30.0 Å². The van der Waals surface area contributed by atoms with Crippen LogP contribution in [0.2, 0.25) is 0 Å². The van der Waals surface area contributed by atoms with Crippen molar-refractivity contribution >= 4 is 51.3 Å². The average molecular weight is 545 g/mol. The number of benzene rings is 1. The fourth-order valence-corrected chi connectivity index (χ4v) is 3.98. The molecular weight excluding hydrogens is 521 g/mol. The molecule has 0 saturated heterocycles. The molecular formula is C21H24ClF3N8O2S. The second-order valence-corrected chi connectivity index (χ2v) is 10.1. The van der Waals surface area contributed by atoms with Crippen molar-refractivity contribution < 1.29 is 21.6 Å². The highest BCUT2D eigenvalue weighted by Crippen LogP contribution is 2.38. The number of nitrogens with zero attached hydrogens (tertiary/aromatic N) is 5. The first kappa shape index (κ1) is 27.4. The predicted octanol–water partition coefficient (Wildman–Crippen LogP) is 3.28. The lowest BCUT2D eigenvalue weighted by Crippen LogP contribution is -2.23. The highest BCUT2D eigenvalue weighted by molar-refractivity contribution is 7.90. The number of aromatic nitrogens is 4. The Morgan fingerprint density at radius 1 is 1.11 bits per heavy atom. The molecule has 0 radical (unpaired) electrons. The number of alkyl halides is 3. The van der Waals surface area contributed by atoms with Crippen molar-refractivity contribution in [1.82, 2.24) is 25.3 Å². The zero-order chi connectivity index (χ0) is 25.2. The van der Waals surface area contributed by atoms with Crippen molar-refractivity contribution in [3.05, 3.63) is 53.5 Å². The first-order chi connectivity index (χ1) is 16.5.